The van der Waals surface area contributed by atoms with E-state index in [-0.39, 0.29) is 18.5 Å². The van der Waals surface area contributed by atoms with Crippen LogP contribution in [0.3, 0.4) is 0 Å². The lowest BCUT2D eigenvalue weighted by molar-refractivity contribution is -0.153. The number of barbiturate groups is 1. The fraction of sp³-hybridized carbons (Fsp3) is 0.692. The van der Waals surface area contributed by atoms with Crippen LogP contribution in [0.2, 0.25) is 0 Å². The van der Waals surface area contributed by atoms with Crippen LogP contribution in [0, 0.1) is 5.41 Å². The number of imide groups is 2. The lowest BCUT2D eigenvalue weighted by atomic mass is 9.78. The monoisotopic (exact) mass is 281 g/mol. The van der Waals surface area contributed by atoms with Gasteiger partial charge >= 0.3 is 6.03 Å². The molecule has 0 unspecified atom stereocenters. The Morgan fingerprint density at radius 1 is 1.30 bits per heavy atom. The van der Waals surface area contributed by atoms with Gasteiger partial charge in [-0.05, 0) is 25.7 Å². The van der Waals surface area contributed by atoms with Crippen molar-refractivity contribution in [2.75, 3.05) is 6.54 Å². The summed E-state index contributed by atoms with van der Waals surface area (Å²) in [6, 6.07) is -0.655. The summed E-state index contributed by atoms with van der Waals surface area (Å²) in [5, 5.41) is 4.89. The SMILES string of the molecule is CCC1(CC)C(=O)NC(=O)N(CC(=O)NC2CC2)C1=O. The smallest absolute Gasteiger partial charge is 0.331 e. The highest BCUT2D eigenvalue weighted by Crippen LogP contribution is 2.32. The van der Waals surface area contributed by atoms with Crippen LogP contribution in [0.25, 0.3) is 0 Å². The van der Waals surface area contributed by atoms with Crippen molar-refractivity contribution in [2.45, 2.75) is 45.6 Å². The molecular weight excluding hydrogens is 262 g/mol. The van der Waals surface area contributed by atoms with Crippen LogP contribution < -0.4 is 10.6 Å². The van der Waals surface area contributed by atoms with E-state index in [4.69, 9.17) is 0 Å². The molecule has 0 aromatic heterocycles. The molecule has 0 radical (unpaired) electrons. The van der Waals surface area contributed by atoms with Gasteiger partial charge in [0, 0.05) is 6.04 Å². The van der Waals surface area contributed by atoms with Crippen molar-refractivity contribution in [1.29, 1.82) is 0 Å². The number of urea groups is 1. The predicted molar refractivity (Wildman–Crippen MR) is 69.4 cm³/mol. The number of nitrogens with one attached hydrogen (secondary N) is 2. The summed E-state index contributed by atoms with van der Waals surface area (Å²) in [7, 11) is 0. The first kappa shape index (κ1) is 14.5. The van der Waals surface area contributed by atoms with Crippen LogP contribution in [0.15, 0.2) is 0 Å². The molecule has 2 rings (SSSR count). The molecule has 1 heterocycles. The van der Waals surface area contributed by atoms with Crippen molar-refractivity contribution in [3.8, 4) is 0 Å². The molecule has 0 bridgehead atoms. The molecule has 20 heavy (non-hydrogen) atoms. The molecule has 7 heteroatoms. The third-order valence-electron chi connectivity index (χ3n) is 4.01. The summed E-state index contributed by atoms with van der Waals surface area (Å²) in [5.41, 5.74) is -1.24. The van der Waals surface area contributed by atoms with Crippen LogP contribution in [-0.4, -0.2) is 41.2 Å². The molecule has 1 aliphatic carbocycles. The fourth-order valence-corrected chi connectivity index (χ4v) is 2.39. The van der Waals surface area contributed by atoms with E-state index in [9.17, 15) is 19.2 Å². The zero-order valence-electron chi connectivity index (χ0n) is 11.7. The Morgan fingerprint density at radius 2 is 1.90 bits per heavy atom. The maximum Gasteiger partial charge on any atom is 0.331 e. The molecule has 110 valence electrons. The highest BCUT2D eigenvalue weighted by Gasteiger charge is 2.51. The van der Waals surface area contributed by atoms with Crippen LogP contribution in [0.5, 0.6) is 0 Å². The van der Waals surface area contributed by atoms with Gasteiger partial charge in [-0.2, -0.15) is 0 Å². The zero-order valence-corrected chi connectivity index (χ0v) is 11.7. The average molecular weight is 281 g/mol. The van der Waals surface area contributed by atoms with E-state index >= 15 is 0 Å². The number of carbonyl (C=O) groups is 4. The van der Waals surface area contributed by atoms with Gasteiger partial charge in [-0.3, -0.25) is 24.6 Å². The van der Waals surface area contributed by atoms with Crippen LogP contribution in [0.4, 0.5) is 4.79 Å². The summed E-state index contributed by atoms with van der Waals surface area (Å²) < 4.78 is 0. The molecule has 0 atom stereocenters. The summed E-state index contributed by atoms with van der Waals surface area (Å²) in [6.45, 7) is 3.11. The van der Waals surface area contributed by atoms with E-state index in [1.807, 2.05) is 0 Å². The van der Waals surface area contributed by atoms with Crippen molar-refractivity contribution in [1.82, 2.24) is 15.5 Å². The average Bonchev–Trinajstić information content (AvgIpc) is 3.20. The summed E-state index contributed by atoms with van der Waals surface area (Å²) >= 11 is 0. The lowest BCUT2D eigenvalue weighted by Crippen LogP contribution is -2.64. The first-order valence-electron chi connectivity index (χ1n) is 6.91. The van der Waals surface area contributed by atoms with Gasteiger partial charge in [-0.25, -0.2) is 4.79 Å². The van der Waals surface area contributed by atoms with Gasteiger partial charge in [0.2, 0.25) is 17.7 Å². The van der Waals surface area contributed by atoms with Gasteiger partial charge in [0.1, 0.15) is 12.0 Å². The minimum atomic E-state index is -1.24. The third kappa shape index (κ3) is 2.39. The van der Waals surface area contributed by atoms with E-state index in [2.05, 4.69) is 10.6 Å². The highest BCUT2D eigenvalue weighted by molar-refractivity contribution is 6.19. The molecule has 7 nitrogen and oxygen atoms in total. The molecular formula is C13H19N3O4. The van der Waals surface area contributed by atoms with Gasteiger partial charge < -0.3 is 5.32 Å². The van der Waals surface area contributed by atoms with Gasteiger partial charge in [0.05, 0.1) is 0 Å². The summed E-state index contributed by atoms with van der Waals surface area (Å²) in [6.07, 6.45) is 2.45. The Hall–Kier alpha value is -1.92. The molecule has 2 aliphatic rings. The molecule has 5 amide bonds. The minimum Gasteiger partial charge on any atom is -0.352 e. The quantitative estimate of drug-likeness (QED) is 0.701. The Labute approximate surface area is 117 Å². The van der Waals surface area contributed by atoms with Gasteiger partial charge in [0.15, 0.2) is 0 Å². The van der Waals surface area contributed by atoms with Crippen molar-refractivity contribution in [3.05, 3.63) is 0 Å². The fourth-order valence-electron chi connectivity index (χ4n) is 2.39. The van der Waals surface area contributed by atoms with E-state index in [1.54, 1.807) is 13.8 Å². The number of carbonyl (C=O) groups excluding carboxylic acids is 4. The second-order valence-electron chi connectivity index (χ2n) is 5.28. The first-order chi connectivity index (χ1) is 9.44. The third-order valence-corrected chi connectivity index (χ3v) is 4.01. The molecule has 2 N–H and O–H groups in total. The van der Waals surface area contributed by atoms with Gasteiger partial charge in [0.25, 0.3) is 0 Å². The number of hydrogen-bond acceptors (Lipinski definition) is 4. The van der Waals surface area contributed by atoms with Crippen molar-refractivity contribution in [3.63, 3.8) is 0 Å². The van der Waals surface area contributed by atoms with Crippen LogP contribution in [0.1, 0.15) is 39.5 Å². The second-order valence-corrected chi connectivity index (χ2v) is 5.28. The van der Waals surface area contributed by atoms with E-state index in [0.29, 0.717) is 12.8 Å². The van der Waals surface area contributed by atoms with E-state index < -0.39 is 23.3 Å². The molecule has 0 aromatic carbocycles. The lowest BCUT2D eigenvalue weighted by Gasteiger charge is -2.37. The Kier molecular flexibility index (Phi) is 3.78. The molecule has 1 aliphatic heterocycles. The predicted octanol–water partition coefficient (Wildman–Crippen LogP) is 0.150. The van der Waals surface area contributed by atoms with Crippen molar-refractivity contribution < 1.29 is 19.2 Å². The number of amides is 5. The van der Waals surface area contributed by atoms with Crippen molar-refractivity contribution >= 4 is 23.8 Å². The second kappa shape index (κ2) is 5.22. The molecule has 2 fully saturated rings. The Bertz CT molecular complexity index is 466. The number of rotatable bonds is 5. The largest absolute Gasteiger partial charge is 0.352 e. The first-order valence-corrected chi connectivity index (χ1v) is 6.91. The van der Waals surface area contributed by atoms with Gasteiger partial charge in [-0.1, -0.05) is 13.8 Å². The molecule has 0 spiro atoms. The van der Waals surface area contributed by atoms with Gasteiger partial charge in [-0.15, -0.1) is 0 Å². The number of hydrogen-bond donors (Lipinski definition) is 2. The highest BCUT2D eigenvalue weighted by atomic mass is 16.2. The molecule has 1 saturated carbocycles. The topological polar surface area (TPSA) is 95.6 Å². The van der Waals surface area contributed by atoms with Crippen LogP contribution in [-0.2, 0) is 14.4 Å². The molecule has 0 aromatic rings. The zero-order chi connectivity index (χ0) is 14.9. The number of nitrogens with zero attached hydrogens (tertiary/aromatic N) is 1. The normalized spacial score (nSPS) is 21.7. The Balaban J connectivity index is 2.14. The summed E-state index contributed by atoms with van der Waals surface area (Å²) in [4.78, 5) is 48.7. The minimum absolute atomic E-state index is 0.161. The maximum atomic E-state index is 12.4. The van der Waals surface area contributed by atoms with E-state index in [0.717, 1.165) is 17.7 Å². The summed E-state index contributed by atoms with van der Waals surface area (Å²) in [5.74, 6) is -1.52. The van der Waals surface area contributed by atoms with Crippen LogP contribution >= 0.6 is 0 Å². The van der Waals surface area contributed by atoms with E-state index in [1.165, 1.54) is 0 Å². The maximum absolute atomic E-state index is 12.4. The van der Waals surface area contributed by atoms with Crippen molar-refractivity contribution in [2.24, 2.45) is 5.41 Å². The standard InChI is InChI=1S/C13H19N3O4/c1-3-13(4-2)10(18)15-12(20)16(11(13)19)7-9(17)14-8-5-6-8/h8H,3-7H2,1-2H3,(H,14,17)(H,15,18,20). The Morgan fingerprint density at radius 3 is 2.40 bits per heavy atom. The molecule has 1 saturated heterocycles.